The van der Waals surface area contributed by atoms with Crippen LogP contribution in [0.25, 0.3) is 21.8 Å². The van der Waals surface area contributed by atoms with Crippen LogP contribution in [0.3, 0.4) is 0 Å². The molecule has 2 aromatic carbocycles. The van der Waals surface area contributed by atoms with Crippen molar-refractivity contribution in [1.29, 1.82) is 0 Å². The summed E-state index contributed by atoms with van der Waals surface area (Å²) in [5.41, 5.74) is -0.499. The third-order valence-corrected chi connectivity index (χ3v) is 6.92. The van der Waals surface area contributed by atoms with Gasteiger partial charge in [0.2, 0.25) is 0 Å². The normalized spacial score (nSPS) is 29.6. The minimum Gasteiger partial charge on any atom is -0.476 e. The standard InChI is InChI=1S/C19H16BrN3O4/c20-12-4-5-13-9(8-12)2-6-14-16(13)22-17(21-14)15-10-1-3-11(7-10)19(15,18(24)25)23(26)27/h2,4-6,8,10-11,15H,1,3,7H2,(H,21,22)(H,24,25). The van der Waals surface area contributed by atoms with Crippen LogP contribution >= 0.6 is 15.9 Å². The molecule has 0 aliphatic heterocycles. The molecular weight excluding hydrogens is 414 g/mol. The van der Waals surface area contributed by atoms with E-state index >= 15 is 0 Å². The zero-order chi connectivity index (χ0) is 18.9. The molecule has 3 aromatic rings. The van der Waals surface area contributed by atoms with Gasteiger partial charge in [-0.3, -0.25) is 10.1 Å². The fourth-order valence-corrected chi connectivity index (χ4v) is 5.73. The molecule has 2 aliphatic rings. The van der Waals surface area contributed by atoms with Gasteiger partial charge in [-0.15, -0.1) is 0 Å². The van der Waals surface area contributed by atoms with Crippen LogP contribution in [0.2, 0.25) is 0 Å². The van der Waals surface area contributed by atoms with Gasteiger partial charge in [0.15, 0.2) is 0 Å². The van der Waals surface area contributed by atoms with E-state index in [2.05, 4.69) is 20.9 Å². The number of aliphatic carboxylic acids is 1. The largest absolute Gasteiger partial charge is 0.476 e. The van der Waals surface area contributed by atoms with Crippen molar-refractivity contribution in [3.8, 4) is 0 Å². The van der Waals surface area contributed by atoms with Gasteiger partial charge in [-0.1, -0.05) is 28.1 Å². The number of hydrogen-bond donors (Lipinski definition) is 2. The number of halogens is 1. The van der Waals surface area contributed by atoms with Crippen molar-refractivity contribution in [2.75, 3.05) is 0 Å². The second-order valence-corrected chi connectivity index (χ2v) is 8.50. The molecule has 2 fully saturated rings. The Labute approximate surface area is 162 Å². The van der Waals surface area contributed by atoms with Crippen molar-refractivity contribution in [2.45, 2.75) is 30.7 Å². The molecule has 1 aromatic heterocycles. The van der Waals surface area contributed by atoms with Gasteiger partial charge in [0.25, 0.3) is 0 Å². The first-order chi connectivity index (χ1) is 12.9. The maximum Gasteiger partial charge on any atom is 0.383 e. The van der Waals surface area contributed by atoms with E-state index in [9.17, 15) is 20.0 Å². The average molecular weight is 430 g/mol. The average Bonchev–Trinajstić information content (AvgIpc) is 3.33. The molecule has 2 aliphatic carbocycles. The number of carboxylic acids is 1. The summed E-state index contributed by atoms with van der Waals surface area (Å²) < 4.78 is 0.955. The first-order valence-electron chi connectivity index (χ1n) is 8.88. The summed E-state index contributed by atoms with van der Waals surface area (Å²) in [7, 11) is 0. The Hall–Kier alpha value is -2.48. The van der Waals surface area contributed by atoms with Crippen molar-refractivity contribution in [3.05, 3.63) is 50.7 Å². The minimum absolute atomic E-state index is 0.0301. The van der Waals surface area contributed by atoms with E-state index in [4.69, 9.17) is 4.98 Å². The summed E-state index contributed by atoms with van der Waals surface area (Å²) in [6, 6.07) is 9.71. The number of nitrogens with one attached hydrogen (secondary N) is 1. The molecule has 0 saturated heterocycles. The van der Waals surface area contributed by atoms with Crippen LogP contribution in [0, 0.1) is 22.0 Å². The molecule has 0 spiro atoms. The van der Waals surface area contributed by atoms with E-state index in [1.165, 1.54) is 0 Å². The minimum atomic E-state index is -1.99. The number of hydrogen-bond acceptors (Lipinski definition) is 4. The van der Waals surface area contributed by atoms with Crippen LogP contribution in [-0.2, 0) is 4.79 Å². The highest BCUT2D eigenvalue weighted by Crippen LogP contribution is 2.60. The molecule has 2 saturated carbocycles. The number of carboxylic acid groups (broad SMARTS) is 1. The Morgan fingerprint density at radius 3 is 2.89 bits per heavy atom. The molecular formula is C19H16BrN3O4. The van der Waals surface area contributed by atoms with Crippen LogP contribution < -0.4 is 0 Å². The molecule has 0 radical (unpaired) electrons. The lowest BCUT2D eigenvalue weighted by Crippen LogP contribution is -2.55. The van der Waals surface area contributed by atoms with Crippen molar-refractivity contribution in [1.82, 2.24) is 9.97 Å². The third kappa shape index (κ3) is 2.07. The van der Waals surface area contributed by atoms with Gasteiger partial charge < -0.3 is 10.1 Å². The number of benzene rings is 2. The fraction of sp³-hybridized carbons (Fsp3) is 0.368. The second kappa shape index (κ2) is 5.51. The van der Waals surface area contributed by atoms with E-state index in [1.807, 2.05) is 30.3 Å². The topological polar surface area (TPSA) is 109 Å². The number of fused-ring (bicyclic) bond motifs is 5. The van der Waals surface area contributed by atoms with E-state index in [1.54, 1.807) is 0 Å². The van der Waals surface area contributed by atoms with Gasteiger partial charge in [-0.05, 0) is 48.8 Å². The van der Waals surface area contributed by atoms with Crippen LogP contribution in [-0.4, -0.2) is 31.5 Å². The number of carbonyl (C=O) groups is 1. The third-order valence-electron chi connectivity index (χ3n) is 6.43. The highest BCUT2D eigenvalue weighted by Gasteiger charge is 2.73. The number of nitro groups is 1. The Morgan fingerprint density at radius 1 is 1.33 bits per heavy atom. The van der Waals surface area contributed by atoms with Crippen molar-refractivity contribution in [3.63, 3.8) is 0 Å². The van der Waals surface area contributed by atoms with Gasteiger partial charge in [0, 0.05) is 20.7 Å². The molecule has 7 nitrogen and oxygen atoms in total. The molecule has 8 heteroatoms. The molecule has 27 heavy (non-hydrogen) atoms. The van der Waals surface area contributed by atoms with Crippen molar-refractivity contribution in [2.24, 2.45) is 11.8 Å². The van der Waals surface area contributed by atoms with E-state index in [0.717, 1.165) is 32.7 Å². The summed E-state index contributed by atoms with van der Waals surface area (Å²) >= 11 is 3.46. The monoisotopic (exact) mass is 429 g/mol. The molecule has 138 valence electrons. The number of aromatic amines is 1. The smallest absolute Gasteiger partial charge is 0.383 e. The first-order valence-corrected chi connectivity index (χ1v) is 9.68. The van der Waals surface area contributed by atoms with Crippen LogP contribution in [0.5, 0.6) is 0 Å². The van der Waals surface area contributed by atoms with E-state index in [-0.39, 0.29) is 5.92 Å². The zero-order valence-electron chi connectivity index (χ0n) is 14.2. The van der Waals surface area contributed by atoms with Gasteiger partial charge in [-0.2, -0.15) is 0 Å². The van der Waals surface area contributed by atoms with Gasteiger partial charge in [0.05, 0.1) is 11.0 Å². The molecule has 5 rings (SSSR count). The number of imidazole rings is 1. The first kappa shape index (κ1) is 16.7. The maximum absolute atomic E-state index is 12.1. The molecule has 4 atom stereocenters. The molecule has 4 unspecified atom stereocenters. The summed E-state index contributed by atoms with van der Waals surface area (Å²) in [4.78, 5) is 31.4. The second-order valence-electron chi connectivity index (χ2n) is 7.58. The SMILES string of the molecule is O=C(O)C1([N+](=O)[O-])C2CCC(C2)C1c1nc2c(ccc3cc(Br)ccc32)[nH]1. The Morgan fingerprint density at radius 2 is 2.15 bits per heavy atom. The van der Waals surface area contributed by atoms with E-state index in [0.29, 0.717) is 18.7 Å². The van der Waals surface area contributed by atoms with Crippen LogP contribution in [0.1, 0.15) is 31.0 Å². The summed E-state index contributed by atoms with van der Waals surface area (Å²) in [5, 5.41) is 23.8. The van der Waals surface area contributed by atoms with Gasteiger partial charge >= 0.3 is 11.5 Å². The van der Waals surface area contributed by atoms with Crippen molar-refractivity contribution < 1.29 is 14.8 Å². The summed E-state index contributed by atoms with van der Waals surface area (Å²) in [5.74, 6) is -2.13. The molecule has 2 N–H and O–H groups in total. The predicted octanol–water partition coefficient (Wildman–Crippen LogP) is 4.09. The Balaban J connectivity index is 1.73. The van der Waals surface area contributed by atoms with E-state index < -0.39 is 28.3 Å². The van der Waals surface area contributed by atoms with Gasteiger partial charge in [0.1, 0.15) is 11.7 Å². The molecule has 2 bridgehead atoms. The fourth-order valence-electron chi connectivity index (χ4n) is 5.35. The van der Waals surface area contributed by atoms with Crippen molar-refractivity contribution >= 4 is 43.7 Å². The Kier molecular flexibility index (Phi) is 3.40. The lowest BCUT2D eigenvalue weighted by Gasteiger charge is -2.31. The molecule has 1 heterocycles. The molecule has 0 amide bonds. The highest BCUT2D eigenvalue weighted by molar-refractivity contribution is 9.10. The lowest BCUT2D eigenvalue weighted by atomic mass is 9.72. The summed E-state index contributed by atoms with van der Waals surface area (Å²) in [6.45, 7) is 0. The Bertz CT molecular complexity index is 1110. The lowest BCUT2D eigenvalue weighted by molar-refractivity contribution is -0.568. The predicted molar refractivity (Wildman–Crippen MR) is 102 cm³/mol. The number of aromatic nitrogens is 2. The number of H-pyrrole nitrogens is 1. The summed E-state index contributed by atoms with van der Waals surface area (Å²) in [6.07, 6.45) is 1.97. The van der Waals surface area contributed by atoms with Crippen LogP contribution in [0.15, 0.2) is 34.8 Å². The zero-order valence-corrected chi connectivity index (χ0v) is 15.8. The van der Waals surface area contributed by atoms with Crippen LogP contribution in [0.4, 0.5) is 0 Å². The number of nitrogens with zero attached hydrogens (tertiary/aromatic N) is 2. The van der Waals surface area contributed by atoms with Gasteiger partial charge in [-0.25, -0.2) is 9.78 Å². The highest BCUT2D eigenvalue weighted by atomic mass is 79.9. The number of rotatable bonds is 3. The quantitative estimate of drug-likeness (QED) is 0.481. The maximum atomic E-state index is 12.1.